The predicted molar refractivity (Wildman–Crippen MR) is 101 cm³/mol. The molecule has 3 aromatic carbocycles. The van der Waals surface area contributed by atoms with Crippen molar-refractivity contribution in [1.29, 1.82) is 0 Å². The van der Waals surface area contributed by atoms with E-state index in [1.54, 1.807) is 36.4 Å². The molecule has 3 aromatic rings. The van der Waals surface area contributed by atoms with Crippen molar-refractivity contribution in [2.24, 2.45) is 0 Å². The van der Waals surface area contributed by atoms with E-state index >= 15 is 0 Å². The molecular weight excluding hydrogens is 421 g/mol. The van der Waals surface area contributed by atoms with Gasteiger partial charge in [-0.2, -0.15) is 23.1 Å². The van der Waals surface area contributed by atoms with Crippen LogP contribution in [0.2, 0.25) is 0 Å². The minimum atomic E-state index is -4.16. The molecule has 1 unspecified atom stereocenters. The second-order valence-corrected chi connectivity index (χ2v) is 6.72. The second-order valence-electron chi connectivity index (χ2n) is 6.72. The first kappa shape index (κ1) is 20.6. The maximum atomic E-state index is 14.4. The molecule has 0 saturated carbocycles. The van der Waals surface area contributed by atoms with Crippen LogP contribution in [0.25, 0.3) is 11.1 Å². The molecule has 0 fully saturated rings. The fourth-order valence-corrected chi connectivity index (χ4v) is 3.53. The first-order chi connectivity index (χ1) is 14.8. The summed E-state index contributed by atoms with van der Waals surface area (Å²) in [4.78, 5) is 11.4. The molecule has 1 N–H and O–H groups in total. The lowest BCUT2D eigenvalue weighted by Gasteiger charge is -2.31. The standard InChI is InChI=1S/C22H14F5NO3/c23-21(24)31-17-8-4-7-16-18(17)14-10-9-13(22(25,26)20(29)28-27)11-15(14)19(30-16)12-5-2-1-3-6-12/h1-11,19,21H,(H,28,29). The average molecular weight is 435 g/mol. The van der Waals surface area contributed by atoms with Crippen molar-refractivity contribution in [2.75, 3.05) is 0 Å². The van der Waals surface area contributed by atoms with Gasteiger partial charge in [0.25, 0.3) is 0 Å². The van der Waals surface area contributed by atoms with Gasteiger partial charge < -0.3 is 9.47 Å². The van der Waals surface area contributed by atoms with Crippen LogP contribution in [0.4, 0.5) is 22.0 Å². The Morgan fingerprint density at radius 3 is 2.45 bits per heavy atom. The monoisotopic (exact) mass is 435 g/mol. The van der Waals surface area contributed by atoms with E-state index in [9.17, 15) is 26.8 Å². The number of carbonyl (C=O) groups is 1. The lowest BCUT2D eigenvalue weighted by Crippen LogP contribution is -2.34. The SMILES string of the molecule is O=C(NF)C(F)(F)c1ccc2c(c1)C(c1ccccc1)Oc1cccc(OC(F)F)c1-2. The van der Waals surface area contributed by atoms with Crippen molar-refractivity contribution in [1.82, 2.24) is 5.54 Å². The van der Waals surface area contributed by atoms with E-state index in [4.69, 9.17) is 4.74 Å². The summed E-state index contributed by atoms with van der Waals surface area (Å²) >= 11 is 0. The molecule has 9 heteroatoms. The molecule has 0 bridgehead atoms. The Balaban J connectivity index is 1.93. The molecule has 0 spiro atoms. The first-order valence-corrected chi connectivity index (χ1v) is 9.06. The number of rotatable bonds is 5. The van der Waals surface area contributed by atoms with Crippen molar-refractivity contribution in [2.45, 2.75) is 18.6 Å². The second kappa shape index (κ2) is 7.90. The molecule has 0 radical (unpaired) electrons. The number of halogens is 5. The van der Waals surface area contributed by atoms with Crippen LogP contribution in [0.3, 0.4) is 0 Å². The third kappa shape index (κ3) is 3.67. The zero-order valence-electron chi connectivity index (χ0n) is 15.6. The van der Waals surface area contributed by atoms with Crippen LogP contribution in [0.5, 0.6) is 11.5 Å². The number of amides is 1. The fraction of sp³-hybridized carbons (Fsp3) is 0.136. The molecular formula is C22H14F5NO3. The lowest BCUT2D eigenvalue weighted by molar-refractivity contribution is -0.151. The zero-order chi connectivity index (χ0) is 22.2. The fourth-order valence-electron chi connectivity index (χ4n) is 3.53. The number of hydrogen-bond acceptors (Lipinski definition) is 3. The summed E-state index contributed by atoms with van der Waals surface area (Å²) < 4.78 is 77.6. The van der Waals surface area contributed by atoms with Crippen LogP contribution in [-0.4, -0.2) is 12.5 Å². The molecule has 1 aliphatic rings. The number of nitrogens with one attached hydrogen (secondary N) is 1. The normalized spacial score (nSPS) is 15.0. The van der Waals surface area contributed by atoms with Crippen molar-refractivity contribution < 1.29 is 36.3 Å². The molecule has 1 aliphatic heterocycles. The Hall–Kier alpha value is -3.62. The highest BCUT2D eigenvalue weighted by molar-refractivity contribution is 5.86. The molecule has 0 saturated heterocycles. The number of benzene rings is 3. The minimum Gasteiger partial charge on any atom is -0.480 e. The molecule has 0 aromatic heterocycles. The van der Waals surface area contributed by atoms with Crippen LogP contribution >= 0.6 is 0 Å². The topological polar surface area (TPSA) is 47.6 Å². The van der Waals surface area contributed by atoms with Gasteiger partial charge in [0, 0.05) is 11.1 Å². The van der Waals surface area contributed by atoms with Gasteiger partial charge in [0.1, 0.15) is 17.6 Å². The van der Waals surface area contributed by atoms with E-state index in [1.807, 2.05) is 0 Å². The van der Waals surface area contributed by atoms with Gasteiger partial charge in [-0.15, -0.1) is 4.48 Å². The van der Waals surface area contributed by atoms with Gasteiger partial charge in [-0.25, -0.2) is 0 Å². The van der Waals surface area contributed by atoms with E-state index < -0.39 is 30.1 Å². The molecule has 0 aliphatic carbocycles. The van der Waals surface area contributed by atoms with E-state index in [2.05, 4.69) is 4.74 Å². The predicted octanol–water partition coefficient (Wildman–Crippen LogP) is 5.53. The zero-order valence-corrected chi connectivity index (χ0v) is 15.6. The lowest BCUT2D eigenvalue weighted by atomic mass is 9.87. The molecule has 160 valence electrons. The molecule has 4 rings (SSSR count). The molecule has 4 nitrogen and oxygen atoms in total. The smallest absolute Gasteiger partial charge is 0.387 e. The van der Waals surface area contributed by atoms with Gasteiger partial charge in [-0.1, -0.05) is 48.5 Å². The van der Waals surface area contributed by atoms with Crippen molar-refractivity contribution in [3.8, 4) is 22.6 Å². The van der Waals surface area contributed by atoms with Gasteiger partial charge in [0.05, 0.1) is 5.56 Å². The maximum Gasteiger partial charge on any atom is 0.387 e. The summed E-state index contributed by atoms with van der Waals surface area (Å²) in [6, 6.07) is 16.1. The number of carbonyl (C=O) groups excluding carboxylic acids is 1. The summed E-state index contributed by atoms with van der Waals surface area (Å²) in [5.74, 6) is -6.26. The maximum absolute atomic E-state index is 14.4. The highest BCUT2D eigenvalue weighted by Crippen LogP contribution is 2.50. The summed E-state index contributed by atoms with van der Waals surface area (Å²) in [5, 5.41) is 0. The highest BCUT2D eigenvalue weighted by atomic mass is 19.3. The molecule has 1 atom stereocenters. The van der Waals surface area contributed by atoms with E-state index in [1.165, 1.54) is 18.2 Å². The largest absolute Gasteiger partial charge is 0.480 e. The summed E-state index contributed by atoms with van der Waals surface area (Å²) in [6.45, 7) is -3.11. The van der Waals surface area contributed by atoms with E-state index in [0.717, 1.165) is 12.1 Å². The Labute approximate surface area is 173 Å². The third-order valence-electron chi connectivity index (χ3n) is 4.89. The van der Waals surface area contributed by atoms with Crippen molar-refractivity contribution in [3.63, 3.8) is 0 Å². The molecule has 31 heavy (non-hydrogen) atoms. The van der Waals surface area contributed by atoms with Crippen LogP contribution in [-0.2, 0) is 10.7 Å². The number of fused-ring (bicyclic) bond motifs is 3. The molecule has 1 amide bonds. The Kier molecular flexibility index (Phi) is 5.26. The summed E-state index contributed by atoms with van der Waals surface area (Å²) in [6.07, 6.45) is -0.880. The third-order valence-corrected chi connectivity index (χ3v) is 4.89. The van der Waals surface area contributed by atoms with Crippen molar-refractivity contribution >= 4 is 5.91 Å². The minimum absolute atomic E-state index is 0.162. The van der Waals surface area contributed by atoms with E-state index in [-0.39, 0.29) is 22.6 Å². The van der Waals surface area contributed by atoms with Gasteiger partial charge >= 0.3 is 18.4 Å². The van der Waals surface area contributed by atoms with Crippen molar-refractivity contribution in [3.05, 3.63) is 83.4 Å². The number of hydrogen-bond donors (Lipinski definition) is 1. The van der Waals surface area contributed by atoms with Crippen LogP contribution in [0.15, 0.2) is 66.7 Å². The Morgan fingerprint density at radius 1 is 1.03 bits per heavy atom. The highest BCUT2D eigenvalue weighted by Gasteiger charge is 2.43. The van der Waals surface area contributed by atoms with Crippen LogP contribution in [0, 0.1) is 0 Å². The first-order valence-electron chi connectivity index (χ1n) is 9.06. The Bertz CT molecular complexity index is 1120. The van der Waals surface area contributed by atoms with Crippen LogP contribution in [0.1, 0.15) is 22.8 Å². The van der Waals surface area contributed by atoms with Gasteiger partial charge in [-0.3, -0.25) is 4.79 Å². The van der Waals surface area contributed by atoms with Gasteiger partial charge in [-0.05, 0) is 29.3 Å². The summed E-state index contributed by atoms with van der Waals surface area (Å²) in [5.41, 5.74) is 0.936. The van der Waals surface area contributed by atoms with Gasteiger partial charge in [0.2, 0.25) is 0 Å². The average Bonchev–Trinajstić information content (AvgIpc) is 2.77. The number of ether oxygens (including phenoxy) is 2. The van der Waals surface area contributed by atoms with Crippen LogP contribution < -0.4 is 15.0 Å². The Morgan fingerprint density at radius 2 is 1.77 bits per heavy atom. The summed E-state index contributed by atoms with van der Waals surface area (Å²) in [7, 11) is 0. The van der Waals surface area contributed by atoms with Gasteiger partial charge in [0.15, 0.2) is 0 Å². The van der Waals surface area contributed by atoms with E-state index in [0.29, 0.717) is 16.7 Å². The molecule has 1 heterocycles. The number of alkyl halides is 4. The quantitative estimate of drug-likeness (QED) is 0.424.